The Morgan fingerprint density at radius 1 is 0.948 bits per heavy atom. The fourth-order valence-corrected chi connectivity index (χ4v) is 15.9. The van der Waals surface area contributed by atoms with Crippen LogP contribution in [-0.2, 0) is 4.79 Å². The Morgan fingerprint density at radius 2 is 1.72 bits per heavy atom. The number of allylic oxidation sites excluding steroid dienone is 5. The summed E-state index contributed by atoms with van der Waals surface area (Å²) in [6.07, 6.45) is 25.6. The van der Waals surface area contributed by atoms with Crippen molar-refractivity contribution in [1.82, 2.24) is 10.3 Å². The number of nitriles is 1. The molecule has 0 saturated heterocycles. The molecule has 0 bridgehead atoms. The molecule has 0 aromatic carbocycles. The molecule has 3 N–H and O–H groups in total. The van der Waals surface area contributed by atoms with Crippen molar-refractivity contribution in [2.24, 2.45) is 56.7 Å². The number of nitrogens with one attached hydrogen (secondary N) is 1. The SMILES string of the molecule is C=C(C)[C@@H]1CC[C@]2(NCCC3(O)CCCCC3)CC[C@]3(C)[C@H](CC[C@@H]4[C@@]5(C)CC=C(C6=CC[C@@](COc7ncccc7C#N)(C(=O)O)CC6)C(C)(C)[C@@H]5CC[C@]43C)[C@@H]12. The molecule has 316 valence electrons. The van der Waals surface area contributed by atoms with E-state index in [0.29, 0.717) is 54.4 Å². The van der Waals surface area contributed by atoms with E-state index < -0.39 is 17.0 Å². The predicted octanol–water partition coefficient (Wildman–Crippen LogP) is 11.1. The van der Waals surface area contributed by atoms with Crippen LogP contribution in [0.1, 0.15) is 163 Å². The Hall–Kier alpha value is -2.95. The van der Waals surface area contributed by atoms with E-state index >= 15 is 0 Å². The molecule has 7 nitrogen and oxygen atoms in total. The molecular formula is C51H73N3O4. The average Bonchev–Trinajstić information content (AvgIpc) is 3.58. The number of aliphatic carboxylic acids is 1. The monoisotopic (exact) mass is 792 g/mol. The third kappa shape index (κ3) is 6.47. The summed E-state index contributed by atoms with van der Waals surface area (Å²) >= 11 is 0. The van der Waals surface area contributed by atoms with Crippen LogP contribution >= 0.6 is 0 Å². The summed E-state index contributed by atoms with van der Waals surface area (Å²) < 4.78 is 5.96. The van der Waals surface area contributed by atoms with E-state index in [0.717, 1.165) is 45.1 Å². The molecule has 0 radical (unpaired) electrons. The number of nitrogens with zero attached hydrogens (tertiary/aromatic N) is 2. The molecule has 0 spiro atoms. The number of fused-ring (bicyclic) bond motifs is 7. The lowest BCUT2D eigenvalue weighted by molar-refractivity contribution is -0.221. The molecule has 7 aliphatic rings. The normalized spacial score (nSPS) is 41.3. The number of carbonyl (C=O) groups is 1. The largest absolute Gasteiger partial charge is 0.481 e. The number of hydrogen-bond acceptors (Lipinski definition) is 6. The second-order valence-corrected chi connectivity index (χ2v) is 22.1. The smallest absolute Gasteiger partial charge is 0.313 e. The van der Waals surface area contributed by atoms with Crippen LogP contribution in [0.5, 0.6) is 5.88 Å². The number of aliphatic hydroxyl groups is 1. The second kappa shape index (κ2) is 14.9. The van der Waals surface area contributed by atoms with Crippen LogP contribution in [0.15, 0.2) is 53.8 Å². The molecule has 0 amide bonds. The molecular weight excluding hydrogens is 719 g/mol. The van der Waals surface area contributed by atoms with Crippen LogP contribution in [0.2, 0.25) is 0 Å². The summed E-state index contributed by atoms with van der Waals surface area (Å²) in [5.41, 5.74) is 3.81. The highest BCUT2D eigenvalue weighted by molar-refractivity contribution is 5.75. The molecule has 0 aliphatic heterocycles. The van der Waals surface area contributed by atoms with Gasteiger partial charge in [-0.25, -0.2) is 4.98 Å². The Morgan fingerprint density at radius 3 is 2.41 bits per heavy atom. The molecule has 1 heterocycles. The van der Waals surface area contributed by atoms with Gasteiger partial charge in [-0.1, -0.05) is 78.2 Å². The molecule has 7 aliphatic carbocycles. The van der Waals surface area contributed by atoms with Gasteiger partial charge in [-0.15, -0.1) is 0 Å². The fourth-order valence-electron chi connectivity index (χ4n) is 15.9. The topological polar surface area (TPSA) is 115 Å². The molecule has 5 saturated carbocycles. The first-order valence-electron chi connectivity index (χ1n) is 23.2. The van der Waals surface area contributed by atoms with Gasteiger partial charge in [0.05, 0.1) is 5.60 Å². The number of carboxylic acids is 1. The summed E-state index contributed by atoms with van der Waals surface area (Å²) in [5, 5.41) is 35.7. The summed E-state index contributed by atoms with van der Waals surface area (Å²) in [6.45, 7) is 20.9. The zero-order valence-corrected chi connectivity index (χ0v) is 36.7. The number of hydrogen-bond donors (Lipinski definition) is 3. The first-order valence-corrected chi connectivity index (χ1v) is 23.2. The van der Waals surface area contributed by atoms with Gasteiger partial charge in [-0.3, -0.25) is 4.79 Å². The van der Waals surface area contributed by atoms with Crippen LogP contribution in [0.4, 0.5) is 0 Å². The molecule has 1 aromatic heterocycles. The van der Waals surface area contributed by atoms with Crippen LogP contribution in [0.3, 0.4) is 0 Å². The van der Waals surface area contributed by atoms with Crippen molar-refractivity contribution in [2.45, 2.75) is 168 Å². The maximum atomic E-state index is 12.8. The van der Waals surface area contributed by atoms with E-state index in [-0.39, 0.29) is 39.7 Å². The number of pyridine rings is 1. The third-order valence-corrected chi connectivity index (χ3v) is 19.3. The Bertz CT molecular complexity index is 1890. The highest BCUT2D eigenvalue weighted by Crippen LogP contribution is 2.76. The molecule has 58 heavy (non-hydrogen) atoms. The maximum Gasteiger partial charge on any atom is 0.313 e. The Kier molecular flexibility index (Phi) is 10.7. The van der Waals surface area contributed by atoms with Gasteiger partial charge in [-0.05, 0) is 184 Å². The number of rotatable bonds is 10. The highest BCUT2D eigenvalue weighted by atomic mass is 16.5. The molecule has 5 fully saturated rings. The lowest BCUT2D eigenvalue weighted by Gasteiger charge is -2.72. The predicted molar refractivity (Wildman–Crippen MR) is 230 cm³/mol. The van der Waals surface area contributed by atoms with Gasteiger partial charge in [0.2, 0.25) is 5.88 Å². The van der Waals surface area contributed by atoms with E-state index in [1.165, 1.54) is 74.5 Å². The average molecular weight is 792 g/mol. The summed E-state index contributed by atoms with van der Waals surface area (Å²) in [7, 11) is 0. The van der Waals surface area contributed by atoms with Gasteiger partial charge >= 0.3 is 5.97 Å². The van der Waals surface area contributed by atoms with Crippen molar-refractivity contribution in [2.75, 3.05) is 13.2 Å². The van der Waals surface area contributed by atoms with Crippen molar-refractivity contribution in [3.8, 4) is 11.9 Å². The number of ether oxygens (including phenoxy) is 1. The molecule has 0 unspecified atom stereocenters. The molecule has 10 atom stereocenters. The zero-order chi connectivity index (χ0) is 41.4. The van der Waals surface area contributed by atoms with E-state index in [1.807, 2.05) is 0 Å². The maximum absolute atomic E-state index is 12.8. The van der Waals surface area contributed by atoms with Crippen LogP contribution in [0.25, 0.3) is 0 Å². The van der Waals surface area contributed by atoms with Gasteiger partial charge in [0, 0.05) is 11.7 Å². The van der Waals surface area contributed by atoms with Crippen molar-refractivity contribution in [3.05, 3.63) is 59.3 Å². The van der Waals surface area contributed by atoms with Crippen molar-refractivity contribution in [3.63, 3.8) is 0 Å². The summed E-state index contributed by atoms with van der Waals surface area (Å²) in [4.78, 5) is 17.0. The van der Waals surface area contributed by atoms with Gasteiger partial charge in [-0.2, -0.15) is 5.26 Å². The van der Waals surface area contributed by atoms with E-state index in [4.69, 9.17) is 4.74 Å². The third-order valence-electron chi connectivity index (χ3n) is 19.3. The van der Waals surface area contributed by atoms with E-state index in [9.17, 15) is 20.3 Å². The second-order valence-electron chi connectivity index (χ2n) is 22.1. The minimum atomic E-state index is -1.05. The van der Waals surface area contributed by atoms with Gasteiger partial charge in [0.25, 0.3) is 0 Å². The lowest BCUT2D eigenvalue weighted by Crippen LogP contribution is -2.68. The molecule has 7 heteroatoms. The van der Waals surface area contributed by atoms with Gasteiger partial charge in [0.1, 0.15) is 23.7 Å². The van der Waals surface area contributed by atoms with E-state index in [1.54, 1.807) is 18.3 Å². The van der Waals surface area contributed by atoms with Crippen LogP contribution in [0, 0.1) is 68.0 Å². The Labute approximate surface area is 349 Å². The van der Waals surface area contributed by atoms with Crippen LogP contribution < -0.4 is 10.1 Å². The zero-order valence-electron chi connectivity index (χ0n) is 36.7. The van der Waals surface area contributed by atoms with Crippen molar-refractivity contribution < 1.29 is 19.7 Å². The minimum Gasteiger partial charge on any atom is -0.481 e. The van der Waals surface area contributed by atoms with Gasteiger partial charge in [0.15, 0.2) is 0 Å². The first-order chi connectivity index (χ1) is 27.5. The van der Waals surface area contributed by atoms with Gasteiger partial charge < -0.3 is 20.3 Å². The quantitative estimate of drug-likeness (QED) is 0.202. The van der Waals surface area contributed by atoms with E-state index in [2.05, 4.69) is 76.6 Å². The van der Waals surface area contributed by atoms with Crippen molar-refractivity contribution in [1.29, 1.82) is 5.26 Å². The number of aromatic nitrogens is 1. The van der Waals surface area contributed by atoms with Crippen LogP contribution in [-0.4, -0.2) is 45.5 Å². The Balaban J connectivity index is 1.02. The number of carboxylic acid groups (broad SMARTS) is 1. The molecule has 8 rings (SSSR count). The highest BCUT2D eigenvalue weighted by Gasteiger charge is 2.70. The standard InChI is InChI=1S/C51H73N3O4/c1-34(2)37-17-26-51(54-31-29-50(57)20-9-8-10-21-50)28-27-47(6)39(42(37)51)13-14-41-46(5)22-18-38(45(3,4)40(46)19-23-48(41,47)7)35-15-24-49(25-16-35,44(55)56)33-58-43-36(32-52)12-11-30-53-43/h11-12,15,18,30,37,39-42,54,57H,1,8-10,13-14,16-17,19-29,31,33H2,2-7H3,(H,55,56)/t37-,39+,40-,41+,42+,46-,47+,48+,49+,51-/m0/s1. The fraction of sp³-hybridized carbons (Fsp3) is 0.745. The van der Waals surface area contributed by atoms with Crippen molar-refractivity contribution >= 4 is 5.97 Å². The summed E-state index contributed by atoms with van der Waals surface area (Å²) in [5.74, 6) is 2.43. The first kappa shape index (κ1) is 41.8. The lowest BCUT2D eigenvalue weighted by atomic mass is 9.33. The summed E-state index contributed by atoms with van der Waals surface area (Å²) in [6, 6.07) is 5.45. The minimum absolute atomic E-state index is 0.00448. The molecule has 1 aromatic rings.